The van der Waals surface area contributed by atoms with E-state index in [4.69, 9.17) is 4.74 Å². The van der Waals surface area contributed by atoms with Crippen molar-refractivity contribution in [1.82, 2.24) is 4.90 Å². The van der Waals surface area contributed by atoms with Crippen LogP contribution in [0.25, 0.3) is 0 Å². The van der Waals surface area contributed by atoms with Gasteiger partial charge < -0.3 is 15.0 Å². The highest BCUT2D eigenvalue weighted by Crippen LogP contribution is 2.26. The molecular weight excluding hydrogens is 295 g/mol. The number of urea groups is 1. The third-order valence-electron chi connectivity index (χ3n) is 3.77. The minimum Gasteiger partial charge on any atom is -0.495 e. The van der Waals surface area contributed by atoms with Gasteiger partial charge in [-0.15, -0.1) is 0 Å². The Morgan fingerprint density at radius 3 is 2.48 bits per heavy atom. The number of methoxy groups -OCH3 is 1. The molecule has 0 aliphatic rings. The van der Waals surface area contributed by atoms with Crippen molar-refractivity contribution < 1.29 is 13.9 Å². The number of halogens is 1. The fraction of sp³-hybridized carbons (Fsp3) is 0.278. The van der Waals surface area contributed by atoms with E-state index in [2.05, 4.69) is 5.32 Å². The first kappa shape index (κ1) is 16.8. The second kappa shape index (κ2) is 7.63. The molecule has 4 nitrogen and oxygen atoms in total. The van der Waals surface area contributed by atoms with E-state index in [1.165, 1.54) is 12.1 Å². The number of para-hydroxylation sites is 2. The van der Waals surface area contributed by atoms with Crippen LogP contribution >= 0.6 is 0 Å². The largest absolute Gasteiger partial charge is 0.495 e. The Labute approximate surface area is 135 Å². The van der Waals surface area contributed by atoms with Crippen molar-refractivity contribution in [3.05, 3.63) is 59.9 Å². The zero-order valence-electron chi connectivity index (χ0n) is 13.5. The van der Waals surface area contributed by atoms with Crippen molar-refractivity contribution in [3.63, 3.8) is 0 Å². The number of nitrogens with zero attached hydrogens (tertiary/aromatic N) is 1. The number of benzene rings is 2. The maximum absolute atomic E-state index is 13.1. The molecule has 5 heteroatoms. The van der Waals surface area contributed by atoms with Crippen LogP contribution in [0.3, 0.4) is 0 Å². The topological polar surface area (TPSA) is 41.6 Å². The number of carbonyl (C=O) groups excluding carboxylic acids is 1. The van der Waals surface area contributed by atoms with E-state index >= 15 is 0 Å². The summed E-state index contributed by atoms with van der Waals surface area (Å²) in [6.07, 6.45) is 0. The van der Waals surface area contributed by atoms with Gasteiger partial charge in [0.05, 0.1) is 18.8 Å². The zero-order chi connectivity index (χ0) is 16.8. The Morgan fingerprint density at radius 2 is 1.87 bits per heavy atom. The Morgan fingerprint density at radius 1 is 1.22 bits per heavy atom. The summed E-state index contributed by atoms with van der Waals surface area (Å²) in [4.78, 5) is 14.3. The number of anilines is 1. The van der Waals surface area contributed by atoms with Crippen LogP contribution in [0.4, 0.5) is 14.9 Å². The number of rotatable bonds is 5. The minimum absolute atomic E-state index is 0.171. The molecular formula is C18H21FN2O2. The van der Waals surface area contributed by atoms with E-state index in [0.717, 1.165) is 5.56 Å². The molecule has 0 aliphatic heterocycles. The van der Waals surface area contributed by atoms with Gasteiger partial charge >= 0.3 is 6.03 Å². The van der Waals surface area contributed by atoms with Crippen LogP contribution in [0, 0.1) is 5.82 Å². The SMILES string of the molecule is CCN(C(=O)Nc1ccccc1OC)C(C)c1ccc(F)cc1. The monoisotopic (exact) mass is 316 g/mol. The summed E-state index contributed by atoms with van der Waals surface area (Å²) < 4.78 is 18.3. The highest BCUT2D eigenvalue weighted by atomic mass is 19.1. The standard InChI is InChI=1S/C18H21FN2O2/c1-4-21(13(2)14-9-11-15(19)12-10-14)18(22)20-16-7-5-6-8-17(16)23-3/h5-13H,4H2,1-3H3,(H,20,22). The maximum Gasteiger partial charge on any atom is 0.322 e. The van der Waals surface area contributed by atoms with Crippen molar-refractivity contribution in [1.29, 1.82) is 0 Å². The van der Waals surface area contributed by atoms with Gasteiger partial charge in [-0.25, -0.2) is 9.18 Å². The molecule has 2 aromatic rings. The van der Waals surface area contributed by atoms with E-state index in [-0.39, 0.29) is 17.9 Å². The predicted molar refractivity (Wildman–Crippen MR) is 89.2 cm³/mol. The average Bonchev–Trinajstić information content (AvgIpc) is 2.56. The molecule has 122 valence electrons. The molecule has 1 unspecified atom stereocenters. The number of ether oxygens (including phenoxy) is 1. The second-order valence-corrected chi connectivity index (χ2v) is 5.14. The third kappa shape index (κ3) is 4.00. The van der Waals surface area contributed by atoms with Crippen LogP contribution in [0.1, 0.15) is 25.5 Å². The Hall–Kier alpha value is -2.56. The number of hydrogen-bond donors (Lipinski definition) is 1. The smallest absolute Gasteiger partial charge is 0.322 e. The summed E-state index contributed by atoms with van der Waals surface area (Å²) in [5, 5.41) is 2.86. The first-order valence-electron chi connectivity index (χ1n) is 7.53. The van der Waals surface area contributed by atoms with Gasteiger partial charge in [-0.05, 0) is 43.7 Å². The van der Waals surface area contributed by atoms with Gasteiger partial charge in [-0.3, -0.25) is 0 Å². The lowest BCUT2D eigenvalue weighted by atomic mass is 10.1. The molecule has 2 amide bonds. The van der Waals surface area contributed by atoms with Gasteiger partial charge in [0.25, 0.3) is 0 Å². The van der Waals surface area contributed by atoms with Gasteiger partial charge in [-0.1, -0.05) is 24.3 Å². The van der Waals surface area contributed by atoms with E-state index in [1.54, 1.807) is 36.3 Å². The molecule has 2 aromatic carbocycles. The lowest BCUT2D eigenvalue weighted by Gasteiger charge is -2.28. The number of hydrogen-bond acceptors (Lipinski definition) is 2. The second-order valence-electron chi connectivity index (χ2n) is 5.14. The van der Waals surface area contributed by atoms with Crippen LogP contribution in [0.2, 0.25) is 0 Å². The first-order chi connectivity index (χ1) is 11.1. The highest BCUT2D eigenvalue weighted by Gasteiger charge is 2.20. The summed E-state index contributed by atoms with van der Waals surface area (Å²) in [5.74, 6) is 0.314. The quantitative estimate of drug-likeness (QED) is 0.885. The highest BCUT2D eigenvalue weighted by molar-refractivity contribution is 5.91. The van der Waals surface area contributed by atoms with Gasteiger partial charge in [0, 0.05) is 6.54 Å². The number of nitrogens with one attached hydrogen (secondary N) is 1. The fourth-order valence-electron chi connectivity index (χ4n) is 2.45. The third-order valence-corrected chi connectivity index (χ3v) is 3.77. The van der Waals surface area contributed by atoms with Crippen LogP contribution in [-0.2, 0) is 0 Å². The van der Waals surface area contributed by atoms with Crippen LogP contribution in [0.15, 0.2) is 48.5 Å². The van der Waals surface area contributed by atoms with Crippen LogP contribution in [0.5, 0.6) is 5.75 Å². The van der Waals surface area contributed by atoms with E-state index < -0.39 is 0 Å². The zero-order valence-corrected chi connectivity index (χ0v) is 13.5. The van der Waals surface area contributed by atoms with Crippen molar-refractivity contribution in [2.75, 3.05) is 19.0 Å². The number of amides is 2. The van der Waals surface area contributed by atoms with E-state index in [9.17, 15) is 9.18 Å². The summed E-state index contributed by atoms with van der Waals surface area (Å²) in [5.41, 5.74) is 1.49. The molecule has 0 saturated carbocycles. The molecule has 0 fully saturated rings. The van der Waals surface area contributed by atoms with Gasteiger partial charge in [0.1, 0.15) is 11.6 Å². The maximum atomic E-state index is 13.1. The molecule has 0 spiro atoms. The molecule has 0 saturated heterocycles. The Bertz CT molecular complexity index is 658. The van der Waals surface area contributed by atoms with Crippen LogP contribution < -0.4 is 10.1 Å². The van der Waals surface area contributed by atoms with Crippen molar-refractivity contribution in [3.8, 4) is 5.75 Å². The molecule has 0 radical (unpaired) electrons. The Balaban J connectivity index is 2.16. The molecule has 1 atom stereocenters. The molecule has 2 rings (SSSR count). The summed E-state index contributed by atoms with van der Waals surface area (Å²) in [6, 6.07) is 13.0. The molecule has 0 heterocycles. The summed E-state index contributed by atoms with van der Waals surface area (Å²) >= 11 is 0. The average molecular weight is 316 g/mol. The lowest BCUT2D eigenvalue weighted by Crippen LogP contribution is -2.37. The minimum atomic E-state index is -0.289. The van der Waals surface area contributed by atoms with Gasteiger partial charge in [-0.2, -0.15) is 0 Å². The molecule has 23 heavy (non-hydrogen) atoms. The molecule has 0 bridgehead atoms. The lowest BCUT2D eigenvalue weighted by molar-refractivity contribution is 0.197. The van der Waals surface area contributed by atoms with Crippen molar-refractivity contribution in [2.45, 2.75) is 19.9 Å². The van der Waals surface area contributed by atoms with Gasteiger partial charge in [0.15, 0.2) is 0 Å². The van der Waals surface area contributed by atoms with Gasteiger partial charge in [0.2, 0.25) is 0 Å². The van der Waals surface area contributed by atoms with E-state index in [1.807, 2.05) is 26.0 Å². The number of carbonyl (C=O) groups is 1. The van der Waals surface area contributed by atoms with Crippen LogP contribution in [-0.4, -0.2) is 24.6 Å². The molecule has 0 aromatic heterocycles. The summed E-state index contributed by atoms with van der Waals surface area (Å²) in [7, 11) is 1.56. The van der Waals surface area contributed by atoms with E-state index in [0.29, 0.717) is 18.0 Å². The fourth-order valence-corrected chi connectivity index (χ4v) is 2.45. The van der Waals surface area contributed by atoms with Crippen molar-refractivity contribution >= 4 is 11.7 Å². The molecule has 1 N–H and O–H groups in total. The predicted octanol–water partition coefficient (Wildman–Crippen LogP) is 4.45. The normalized spacial score (nSPS) is 11.7. The Kier molecular flexibility index (Phi) is 5.57. The van der Waals surface area contributed by atoms with Crippen molar-refractivity contribution in [2.24, 2.45) is 0 Å². The first-order valence-corrected chi connectivity index (χ1v) is 7.53. The molecule has 0 aliphatic carbocycles. The summed E-state index contributed by atoms with van der Waals surface area (Å²) in [6.45, 7) is 4.35.